The summed E-state index contributed by atoms with van der Waals surface area (Å²) < 4.78 is 4.92. The van der Waals surface area contributed by atoms with Crippen molar-refractivity contribution in [2.24, 2.45) is 5.10 Å². The molecule has 0 spiro atoms. The number of unbranched alkanes of at least 4 members (excludes halogenated alkanes) is 2. The Morgan fingerprint density at radius 2 is 2.08 bits per heavy atom. The maximum absolute atomic E-state index is 12.2. The van der Waals surface area contributed by atoms with Crippen LogP contribution in [0.1, 0.15) is 25.0 Å². The predicted molar refractivity (Wildman–Crippen MR) is 89.2 cm³/mol. The molecule has 1 fully saturated rings. The number of carbonyl (C=O) groups is 2. The van der Waals surface area contributed by atoms with Gasteiger partial charge in [0.1, 0.15) is 11.5 Å². The number of imide groups is 1. The molecule has 1 saturated heterocycles. The van der Waals surface area contributed by atoms with E-state index in [1.807, 2.05) is 14.1 Å². The average Bonchev–Trinajstić information content (AvgIpc) is 3.12. The molecule has 1 aromatic rings. The Labute approximate surface area is 144 Å². The first-order chi connectivity index (χ1) is 11.9. The van der Waals surface area contributed by atoms with Gasteiger partial charge in [-0.15, -0.1) is 0 Å². The topological polar surface area (TPSA) is 112 Å². The third-order valence-corrected chi connectivity index (χ3v) is 3.64. The molecule has 1 aromatic heterocycles. The summed E-state index contributed by atoms with van der Waals surface area (Å²) in [5, 5.41) is 15.5. The zero-order chi connectivity index (χ0) is 18.4. The number of nitrogens with zero attached hydrogens (tertiary/aromatic N) is 5. The van der Waals surface area contributed by atoms with E-state index in [1.54, 1.807) is 0 Å². The van der Waals surface area contributed by atoms with Gasteiger partial charge in [-0.1, -0.05) is 6.42 Å². The van der Waals surface area contributed by atoms with Crippen LogP contribution in [0.2, 0.25) is 0 Å². The molecule has 0 atom stereocenters. The number of furan rings is 1. The highest BCUT2D eigenvalue weighted by Gasteiger charge is 2.35. The Morgan fingerprint density at radius 1 is 1.32 bits per heavy atom. The van der Waals surface area contributed by atoms with Crippen molar-refractivity contribution in [3.05, 3.63) is 28.0 Å². The highest BCUT2D eigenvalue weighted by atomic mass is 16.6. The normalized spacial score (nSPS) is 15.2. The van der Waals surface area contributed by atoms with E-state index in [-0.39, 0.29) is 18.2 Å². The van der Waals surface area contributed by atoms with Gasteiger partial charge >= 0.3 is 11.9 Å². The monoisotopic (exact) mass is 351 g/mol. The zero-order valence-electron chi connectivity index (χ0n) is 14.3. The van der Waals surface area contributed by atoms with E-state index in [1.165, 1.54) is 23.2 Å². The maximum Gasteiger partial charge on any atom is 0.433 e. The molecule has 1 aliphatic rings. The minimum absolute atomic E-state index is 0.133. The van der Waals surface area contributed by atoms with Gasteiger partial charge in [-0.3, -0.25) is 19.8 Å². The summed E-state index contributed by atoms with van der Waals surface area (Å²) in [6.07, 6.45) is 3.85. The van der Waals surface area contributed by atoms with Gasteiger partial charge in [-0.05, 0) is 39.5 Å². The molecule has 136 valence electrons. The predicted octanol–water partition coefficient (Wildman–Crippen LogP) is 1.52. The number of rotatable bonds is 9. The quantitative estimate of drug-likeness (QED) is 0.219. The SMILES string of the molecule is CN(C)CCCCCN1C(=O)CN(/N=C\c2ccc([N+](=O)[O-])o2)C1=O. The first-order valence-corrected chi connectivity index (χ1v) is 7.93. The van der Waals surface area contributed by atoms with Crippen molar-refractivity contribution in [2.75, 3.05) is 33.7 Å². The third kappa shape index (κ3) is 5.11. The Hall–Kier alpha value is -2.75. The molecule has 2 rings (SSSR count). The van der Waals surface area contributed by atoms with Crippen molar-refractivity contribution in [3.8, 4) is 0 Å². The van der Waals surface area contributed by atoms with E-state index in [2.05, 4.69) is 10.0 Å². The van der Waals surface area contributed by atoms with E-state index >= 15 is 0 Å². The molecule has 25 heavy (non-hydrogen) atoms. The third-order valence-electron chi connectivity index (χ3n) is 3.64. The standard InChI is InChI=1S/C15H21N5O5/c1-17(2)8-4-3-5-9-18-13(21)11-19(15(18)22)16-10-12-6-7-14(25-12)20(23)24/h6-7,10H,3-5,8-9,11H2,1-2H3/b16-10-. The molecule has 0 unspecified atom stereocenters. The van der Waals surface area contributed by atoms with Crippen LogP contribution >= 0.6 is 0 Å². The zero-order valence-corrected chi connectivity index (χ0v) is 14.3. The smallest absolute Gasteiger partial charge is 0.400 e. The van der Waals surface area contributed by atoms with Crippen LogP contribution in [0.3, 0.4) is 0 Å². The first-order valence-electron chi connectivity index (χ1n) is 7.93. The van der Waals surface area contributed by atoms with Gasteiger partial charge in [0.15, 0.2) is 5.76 Å². The number of urea groups is 1. The first kappa shape index (κ1) is 18.6. The van der Waals surface area contributed by atoms with Crippen LogP contribution in [0.5, 0.6) is 0 Å². The van der Waals surface area contributed by atoms with Crippen molar-refractivity contribution >= 4 is 24.0 Å². The van der Waals surface area contributed by atoms with Crippen LogP contribution in [0, 0.1) is 10.1 Å². The summed E-state index contributed by atoms with van der Waals surface area (Å²) >= 11 is 0. The van der Waals surface area contributed by atoms with Crippen LogP contribution in [-0.2, 0) is 4.79 Å². The average molecular weight is 351 g/mol. The Morgan fingerprint density at radius 3 is 2.72 bits per heavy atom. The molecule has 0 radical (unpaired) electrons. The highest BCUT2D eigenvalue weighted by Crippen LogP contribution is 2.16. The number of nitro groups is 1. The maximum atomic E-state index is 12.2. The van der Waals surface area contributed by atoms with E-state index < -0.39 is 16.8 Å². The molecule has 0 bridgehead atoms. The lowest BCUT2D eigenvalue weighted by molar-refractivity contribution is -0.402. The van der Waals surface area contributed by atoms with Gasteiger partial charge in [-0.2, -0.15) is 5.10 Å². The van der Waals surface area contributed by atoms with Crippen LogP contribution in [0.4, 0.5) is 10.7 Å². The minimum Gasteiger partial charge on any atom is -0.400 e. The lowest BCUT2D eigenvalue weighted by atomic mass is 10.2. The van der Waals surface area contributed by atoms with Gasteiger partial charge in [0.25, 0.3) is 5.91 Å². The lowest BCUT2D eigenvalue weighted by Gasteiger charge is -2.14. The minimum atomic E-state index is -0.667. The van der Waals surface area contributed by atoms with Crippen molar-refractivity contribution in [1.29, 1.82) is 0 Å². The van der Waals surface area contributed by atoms with Crippen LogP contribution < -0.4 is 0 Å². The lowest BCUT2D eigenvalue weighted by Crippen LogP contribution is -2.32. The van der Waals surface area contributed by atoms with Gasteiger partial charge in [0.05, 0.1) is 12.3 Å². The molecule has 0 saturated carbocycles. The Balaban J connectivity index is 1.85. The summed E-state index contributed by atoms with van der Waals surface area (Å²) in [6, 6.07) is 2.07. The van der Waals surface area contributed by atoms with Crippen LogP contribution in [0.15, 0.2) is 21.7 Å². The van der Waals surface area contributed by atoms with Crippen molar-refractivity contribution in [3.63, 3.8) is 0 Å². The number of hydrogen-bond acceptors (Lipinski definition) is 7. The second-order valence-corrected chi connectivity index (χ2v) is 5.93. The van der Waals surface area contributed by atoms with Crippen molar-refractivity contribution in [2.45, 2.75) is 19.3 Å². The molecule has 0 N–H and O–H groups in total. The van der Waals surface area contributed by atoms with E-state index in [4.69, 9.17) is 4.42 Å². The molecule has 2 heterocycles. The molecule has 3 amide bonds. The summed E-state index contributed by atoms with van der Waals surface area (Å²) in [7, 11) is 3.99. The summed E-state index contributed by atoms with van der Waals surface area (Å²) in [6.45, 7) is 1.19. The van der Waals surface area contributed by atoms with Gasteiger partial charge in [0, 0.05) is 6.54 Å². The highest BCUT2D eigenvalue weighted by molar-refractivity contribution is 6.02. The fraction of sp³-hybridized carbons (Fsp3) is 0.533. The van der Waals surface area contributed by atoms with Gasteiger partial charge < -0.3 is 9.32 Å². The van der Waals surface area contributed by atoms with E-state index in [9.17, 15) is 19.7 Å². The second-order valence-electron chi connectivity index (χ2n) is 5.93. The largest absolute Gasteiger partial charge is 0.433 e. The molecule has 10 nitrogen and oxygen atoms in total. The summed E-state index contributed by atoms with van der Waals surface area (Å²) in [5.41, 5.74) is 0. The van der Waals surface area contributed by atoms with Crippen LogP contribution in [0.25, 0.3) is 0 Å². The van der Waals surface area contributed by atoms with E-state index in [0.717, 1.165) is 30.8 Å². The summed E-state index contributed by atoms with van der Waals surface area (Å²) in [5.74, 6) is -0.584. The van der Waals surface area contributed by atoms with Gasteiger partial charge in [-0.25, -0.2) is 9.80 Å². The number of amides is 3. The molecular weight excluding hydrogens is 330 g/mol. The molecule has 10 heteroatoms. The Bertz CT molecular complexity index is 669. The second kappa shape index (κ2) is 8.38. The summed E-state index contributed by atoms with van der Waals surface area (Å²) in [4.78, 5) is 37.3. The molecule has 0 aromatic carbocycles. The molecule has 1 aliphatic heterocycles. The number of carbonyl (C=O) groups excluding carboxylic acids is 2. The van der Waals surface area contributed by atoms with Gasteiger partial charge in [0.2, 0.25) is 0 Å². The fourth-order valence-corrected chi connectivity index (χ4v) is 2.35. The van der Waals surface area contributed by atoms with Crippen molar-refractivity contribution < 1.29 is 18.9 Å². The Kier molecular flexibility index (Phi) is 6.23. The van der Waals surface area contributed by atoms with E-state index in [0.29, 0.717) is 6.54 Å². The number of hydrazone groups is 1. The van der Waals surface area contributed by atoms with Crippen molar-refractivity contribution in [1.82, 2.24) is 14.8 Å². The number of hydrogen-bond donors (Lipinski definition) is 0. The van der Waals surface area contributed by atoms with Crippen LogP contribution in [-0.4, -0.2) is 71.6 Å². The molecule has 0 aliphatic carbocycles. The molecular formula is C15H21N5O5. The fourth-order valence-electron chi connectivity index (χ4n) is 2.35.